The van der Waals surface area contributed by atoms with E-state index in [9.17, 15) is 4.79 Å². The summed E-state index contributed by atoms with van der Waals surface area (Å²) in [7, 11) is 0. The minimum Gasteiger partial charge on any atom is -0.406 e. The number of pyridine rings is 1. The van der Waals surface area contributed by atoms with Gasteiger partial charge in [-0.2, -0.15) is 0 Å². The highest BCUT2D eigenvalue weighted by atomic mass is 16.4. The third kappa shape index (κ3) is 3.25. The molecule has 0 saturated carbocycles. The van der Waals surface area contributed by atoms with Crippen molar-refractivity contribution in [3.8, 4) is 0 Å². The molecular weight excluding hydrogens is 270 g/mol. The predicted octanol–water partition coefficient (Wildman–Crippen LogP) is 1.38. The first-order chi connectivity index (χ1) is 10.2. The van der Waals surface area contributed by atoms with Gasteiger partial charge < -0.3 is 9.73 Å². The topological polar surface area (TPSA) is 92.9 Å². The average Bonchev–Trinajstić information content (AvgIpc) is 3.12. The molecule has 2 aromatic rings. The highest BCUT2D eigenvalue weighted by Crippen LogP contribution is 2.22. The van der Waals surface area contributed by atoms with E-state index in [4.69, 9.17) is 4.42 Å². The number of aryl methyl sites for hydroxylation is 1. The number of anilines is 1. The number of aromatic nitrogens is 3. The molecule has 3 rings (SSSR count). The van der Waals surface area contributed by atoms with Crippen LogP contribution in [0.3, 0.4) is 0 Å². The average molecular weight is 287 g/mol. The molecule has 1 fully saturated rings. The van der Waals surface area contributed by atoms with Crippen LogP contribution in [0.5, 0.6) is 0 Å². The number of carbonyl (C=O) groups is 1. The molecule has 0 spiro atoms. The van der Waals surface area contributed by atoms with Crippen molar-refractivity contribution < 1.29 is 9.21 Å². The first-order valence-corrected chi connectivity index (χ1v) is 6.99. The zero-order valence-corrected chi connectivity index (χ0v) is 11.8. The Morgan fingerprint density at radius 2 is 2.43 bits per heavy atom. The highest BCUT2D eigenvalue weighted by Gasteiger charge is 2.22. The fourth-order valence-corrected chi connectivity index (χ4v) is 2.34. The van der Waals surface area contributed by atoms with Crippen LogP contribution in [-0.2, 0) is 11.2 Å². The predicted molar refractivity (Wildman–Crippen MR) is 75.6 cm³/mol. The van der Waals surface area contributed by atoms with E-state index in [-0.39, 0.29) is 24.4 Å². The third-order valence-electron chi connectivity index (χ3n) is 3.49. The van der Waals surface area contributed by atoms with E-state index in [0.29, 0.717) is 5.89 Å². The summed E-state index contributed by atoms with van der Waals surface area (Å²) in [6, 6.07) is 4.00. The van der Waals surface area contributed by atoms with Crippen molar-refractivity contribution in [2.24, 2.45) is 0 Å². The van der Waals surface area contributed by atoms with Crippen LogP contribution in [0, 0.1) is 6.92 Å². The van der Waals surface area contributed by atoms with E-state index >= 15 is 0 Å². The normalized spacial score (nSPS) is 17.9. The molecule has 1 aliphatic rings. The number of rotatable bonds is 4. The summed E-state index contributed by atoms with van der Waals surface area (Å²) in [5.41, 5.74) is 1.72. The van der Waals surface area contributed by atoms with Gasteiger partial charge in [-0.25, -0.2) is 0 Å². The number of amides is 1. The molecule has 1 saturated heterocycles. The summed E-state index contributed by atoms with van der Waals surface area (Å²) in [6.07, 6.45) is 3.93. The summed E-state index contributed by atoms with van der Waals surface area (Å²) in [6.45, 7) is 2.87. The summed E-state index contributed by atoms with van der Waals surface area (Å²) in [4.78, 5) is 16.2. The number of nitrogens with zero attached hydrogens (tertiary/aromatic N) is 3. The molecule has 1 amide bonds. The first kappa shape index (κ1) is 13.7. The quantitative estimate of drug-likeness (QED) is 0.882. The van der Waals surface area contributed by atoms with Crippen LogP contribution in [0.1, 0.15) is 36.0 Å². The Morgan fingerprint density at radius 1 is 1.52 bits per heavy atom. The van der Waals surface area contributed by atoms with Crippen LogP contribution in [-0.4, -0.2) is 27.6 Å². The zero-order valence-electron chi connectivity index (χ0n) is 11.8. The van der Waals surface area contributed by atoms with Crippen molar-refractivity contribution in [1.82, 2.24) is 20.5 Å². The van der Waals surface area contributed by atoms with Gasteiger partial charge in [0, 0.05) is 6.20 Å². The van der Waals surface area contributed by atoms with E-state index < -0.39 is 0 Å². The first-order valence-electron chi connectivity index (χ1n) is 6.99. The van der Waals surface area contributed by atoms with Gasteiger partial charge in [-0.1, -0.05) is 11.2 Å². The van der Waals surface area contributed by atoms with Crippen molar-refractivity contribution in [3.05, 3.63) is 35.5 Å². The second-order valence-electron chi connectivity index (χ2n) is 5.09. The maximum Gasteiger partial charge on any atom is 0.322 e. The van der Waals surface area contributed by atoms with Gasteiger partial charge in [0.15, 0.2) is 0 Å². The van der Waals surface area contributed by atoms with E-state index in [1.807, 2.05) is 19.1 Å². The monoisotopic (exact) mass is 287 g/mol. The molecule has 2 aromatic heterocycles. The van der Waals surface area contributed by atoms with E-state index in [1.54, 1.807) is 6.20 Å². The van der Waals surface area contributed by atoms with Crippen molar-refractivity contribution >= 4 is 11.9 Å². The standard InChI is InChI=1S/C14H17N5O2/c1-9-4-2-6-16-11(9)8-12(20)17-14-19-18-13(21-14)10-5-3-7-15-10/h2,4,6,10,15H,3,5,7-8H2,1H3,(H,17,19,20). The van der Waals surface area contributed by atoms with Crippen LogP contribution < -0.4 is 10.6 Å². The van der Waals surface area contributed by atoms with Crippen molar-refractivity contribution in [2.75, 3.05) is 11.9 Å². The minimum absolute atomic E-state index is 0.0983. The van der Waals surface area contributed by atoms with Crippen molar-refractivity contribution in [1.29, 1.82) is 0 Å². The van der Waals surface area contributed by atoms with Crippen molar-refractivity contribution in [3.63, 3.8) is 0 Å². The molecule has 1 atom stereocenters. The van der Waals surface area contributed by atoms with Crippen LogP contribution in [0.2, 0.25) is 0 Å². The SMILES string of the molecule is Cc1cccnc1CC(=O)Nc1nnc(C2CCCN2)o1. The molecule has 3 heterocycles. The Morgan fingerprint density at radius 3 is 3.19 bits per heavy atom. The van der Waals surface area contributed by atoms with E-state index in [1.165, 1.54) is 0 Å². The van der Waals surface area contributed by atoms with Gasteiger partial charge in [-0.15, -0.1) is 5.10 Å². The fourth-order valence-electron chi connectivity index (χ4n) is 2.34. The Bertz CT molecular complexity index is 634. The lowest BCUT2D eigenvalue weighted by Gasteiger charge is -2.04. The molecule has 2 N–H and O–H groups in total. The summed E-state index contributed by atoms with van der Waals surface area (Å²) < 4.78 is 5.47. The number of carbonyl (C=O) groups excluding carboxylic acids is 1. The maximum absolute atomic E-state index is 12.0. The van der Waals surface area contributed by atoms with E-state index in [0.717, 1.165) is 30.6 Å². The lowest BCUT2D eigenvalue weighted by atomic mass is 10.1. The molecule has 0 bridgehead atoms. The van der Waals surface area contributed by atoms with Crippen molar-refractivity contribution in [2.45, 2.75) is 32.2 Å². The smallest absolute Gasteiger partial charge is 0.322 e. The third-order valence-corrected chi connectivity index (χ3v) is 3.49. The molecule has 1 unspecified atom stereocenters. The lowest BCUT2D eigenvalue weighted by Crippen LogP contribution is -2.16. The van der Waals surface area contributed by atoms with Crippen LogP contribution in [0.25, 0.3) is 0 Å². The van der Waals surface area contributed by atoms with Crippen LogP contribution in [0.15, 0.2) is 22.7 Å². The molecule has 110 valence electrons. The van der Waals surface area contributed by atoms with Crippen LogP contribution in [0.4, 0.5) is 6.01 Å². The second-order valence-corrected chi connectivity index (χ2v) is 5.09. The molecule has 0 aromatic carbocycles. The zero-order chi connectivity index (χ0) is 14.7. The summed E-state index contributed by atoms with van der Waals surface area (Å²) in [5, 5.41) is 13.7. The maximum atomic E-state index is 12.0. The Balaban J connectivity index is 1.61. The van der Waals surface area contributed by atoms with Gasteiger partial charge in [0.25, 0.3) is 0 Å². The lowest BCUT2D eigenvalue weighted by molar-refractivity contribution is -0.115. The molecule has 1 aliphatic heterocycles. The minimum atomic E-state index is -0.216. The highest BCUT2D eigenvalue weighted by molar-refractivity contribution is 5.90. The number of hydrogen-bond acceptors (Lipinski definition) is 6. The van der Waals surface area contributed by atoms with Gasteiger partial charge in [-0.3, -0.25) is 15.1 Å². The number of hydrogen-bond donors (Lipinski definition) is 2. The molecule has 21 heavy (non-hydrogen) atoms. The summed E-state index contributed by atoms with van der Waals surface area (Å²) in [5.74, 6) is 0.309. The summed E-state index contributed by atoms with van der Waals surface area (Å²) >= 11 is 0. The van der Waals surface area contributed by atoms with E-state index in [2.05, 4.69) is 25.8 Å². The van der Waals surface area contributed by atoms with Gasteiger partial charge >= 0.3 is 6.01 Å². The molecule has 7 heteroatoms. The Labute approximate surface area is 122 Å². The fraction of sp³-hybridized carbons (Fsp3) is 0.429. The van der Waals surface area contributed by atoms with Crippen LogP contribution >= 0.6 is 0 Å². The van der Waals surface area contributed by atoms with Gasteiger partial charge in [0.05, 0.1) is 18.2 Å². The molecular formula is C14H17N5O2. The Kier molecular flexibility index (Phi) is 3.92. The largest absolute Gasteiger partial charge is 0.406 e. The molecule has 7 nitrogen and oxygen atoms in total. The van der Waals surface area contributed by atoms with Gasteiger partial charge in [0.2, 0.25) is 11.8 Å². The Hall–Kier alpha value is -2.28. The van der Waals surface area contributed by atoms with Gasteiger partial charge in [0.1, 0.15) is 0 Å². The molecule has 0 radical (unpaired) electrons. The second kappa shape index (κ2) is 6.01. The number of nitrogens with one attached hydrogen (secondary N) is 2. The van der Waals surface area contributed by atoms with Gasteiger partial charge in [-0.05, 0) is 37.9 Å². The molecule has 0 aliphatic carbocycles.